The van der Waals surface area contributed by atoms with Crippen LogP contribution in [0, 0.1) is 5.92 Å². The van der Waals surface area contributed by atoms with Gasteiger partial charge < -0.3 is 10.5 Å². The lowest BCUT2D eigenvalue weighted by Crippen LogP contribution is -2.46. The van der Waals surface area contributed by atoms with E-state index < -0.39 is 0 Å². The maximum Gasteiger partial charge on any atom is 0.0685 e. The van der Waals surface area contributed by atoms with Crippen LogP contribution in [0.2, 0.25) is 0 Å². The molecule has 0 aromatic carbocycles. The molecule has 2 unspecified atom stereocenters. The van der Waals surface area contributed by atoms with E-state index in [9.17, 15) is 0 Å². The average Bonchev–Trinajstić information content (AvgIpc) is 2.92. The van der Waals surface area contributed by atoms with Crippen molar-refractivity contribution in [3.05, 3.63) is 22.4 Å². The largest absolute Gasteiger partial charge is 0.375 e. The molecule has 2 aliphatic rings. The molecule has 1 aromatic rings. The highest BCUT2D eigenvalue weighted by atomic mass is 32.1. The lowest BCUT2D eigenvalue weighted by Gasteiger charge is -2.45. The van der Waals surface area contributed by atoms with Crippen LogP contribution >= 0.6 is 11.3 Å². The maximum atomic E-state index is 6.48. The van der Waals surface area contributed by atoms with Crippen molar-refractivity contribution >= 4 is 11.3 Å². The van der Waals surface area contributed by atoms with E-state index in [1.54, 1.807) is 11.3 Å². The van der Waals surface area contributed by atoms with E-state index >= 15 is 0 Å². The number of thiophene rings is 1. The van der Waals surface area contributed by atoms with E-state index in [2.05, 4.69) is 16.8 Å². The number of nitrogens with two attached hydrogens (primary N) is 1. The number of rotatable bonds is 3. The van der Waals surface area contributed by atoms with E-state index in [1.807, 2.05) is 0 Å². The third kappa shape index (κ3) is 3.21. The highest BCUT2D eigenvalue weighted by Crippen LogP contribution is 2.41. The molecule has 0 radical (unpaired) electrons. The molecule has 0 amide bonds. The second-order valence-electron chi connectivity index (χ2n) is 6.34. The first-order valence-electron chi connectivity index (χ1n) is 7.68. The lowest BCUT2D eigenvalue weighted by molar-refractivity contribution is -0.120. The van der Waals surface area contributed by atoms with Crippen LogP contribution in [-0.4, -0.2) is 18.2 Å². The molecule has 2 atom stereocenters. The predicted octanol–water partition coefficient (Wildman–Crippen LogP) is 3.75. The number of hydrogen-bond acceptors (Lipinski definition) is 3. The first-order valence-corrected chi connectivity index (χ1v) is 8.62. The fourth-order valence-electron chi connectivity index (χ4n) is 3.82. The van der Waals surface area contributed by atoms with Gasteiger partial charge in [-0.05, 0) is 60.4 Å². The molecule has 3 rings (SSSR count). The van der Waals surface area contributed by atoms with Crippen LogP contribution in [0.5, 0.6) is 0 Å². The minimum absolute atomic E-state index is 0.188. The Balaban J connectivity index is 1.61. The van der Waals surface area contributed by atoms with Crippen molar-refractivity contribution in [3.8, 4) is 0 Å². The van der Waals surface area contributed by atoms with E-state index in [0.29, 0.717) is 12.0 Å². The van der Waals surface area contributed by atoms with Crippen molar-refractivity contribution < 1.29 is 4.74 Å². The maximum absolute atomic E-state index is 6.48. The zero-order valence-electron chi connectivity index (χ0n) is 11.6. The summed E-state index contributed by atoms with van der Waals surface area (Å²) in [6.45, 7) is 0.919. The Morgan fingerprint density at radius 1 is 1.37 bits per heavy atom. The van der Waals surface area contributed by atoms with Crippen LogP contribution in [0.15, 0.2) is 16.8 Å². The smallest absolute Gasteiger partial charge is 0.0685 e. The van der Waals surface area contributed by atoms with Crippen LogP contribution in [0.25, 0.3) is 0 Å². The molecule has 1 saturated heterocycles. The van der Waals surface area contributed by atoms with Crippen molar-refractivity contribution in [1.29, 1.82) is 0 Å². The summed E-state index contributed by atoms with van der Waals surface area (Å²) in [5.74, 6) is 0.645. The summed E-state index contributed by atoms with van der Waals surface area (Å²) in [6, 6.07) is 2.51. The summed E-state index contributed by atoms with van der Waals surface area (Å²) in [5, 5.41) is 4.38. The number of ether oxygens (including phenoxy) is 1. The van der Waals surface area contributed by atoms with E-state index in [4.69, 9.17) is 10.5 Å². The first-order chi connectivity index (χ1) is 9.27. The fourth-order valence-corrected chi connectivity index (χ4v) is 4.50. The highest BCUT2D eigenvalue weighted by Gasteiger charge is 2.39. The molecule has 1 spiro atoms. The molecule has 2 nitrogen and oxygen atoms in total. The first kappa shape index (κ1) is 13.6. The van der Waals surface area contributed by atoms with Gasteiger partial charge in [0.25, 0.3) is 0 Å². The standard InChI is InChI=1S/C16H25NOS/c17-15(10-13-5-9-19-12-13)14-4-8-18-16(11-14)6-2-1-3-7-16/h5,9,12,14-15H,1-4,6-8,10-11,17H2. The van der Waals surface area contributed by atoms with E-state index in [1.165, 1.54) is 44.1 Å². The normalized spacial score (nSPS) is 28.4. The van der Waals surface area contributed by atoms with Crippen molar-refractivity contribution in [2.45, 2.75) is 63.0 Å². The SMILES string of the molecule is NC(Cc1ccsc1)C1CCOC2(CCCCC2)C1. The van der Waals surface area contributed by atoms with Gasteiger partial charge in [0, 0.05) is 12.6 Å². The van der Waals surface area contributed by atoms with Crippen LogP contribution in [-0.2, 0) is 11.2 Å². The van der Waals surface area contributed by atoms with Gasteiger partial charge in [0.15, 0.2) is 0 Å². The van der Waals surface area contributed by atoms with Crippen LogP contribution in [0.1, 0.15) is 50.5 Å². The Morgan fingerprint density at radius 3 is 2.95 bits per heavy atom. The van der Waals surface area contributed by atoms with Crippen LogP contribution in [0.4, 0.5) is 0 Å². The molecular weight excluding hydrogens is 254 g/mol. The Morgan fingerprint density at radius 2 is 2.21 bits per heavy atom. The van der Waals surface area contributed by atoms with Gasteiger partial charge in [0.2, 0.25) is 0 Å². The van der Waals surface area contributed by atoms with Gasteiger partial charge in [-0.3, -0.25) is 0 Å². The molecule has 0 bridgehead atoms. The van der Waals surface area contributed by atoms with Crippen LogP contribution in [0.3, 0.4) is 0 Å². The Bertz CT molecular complexity index is 378. The molecular formula is C16H25NOS. The monoisotopic (exact) mass is 279 g/mol. The van der Waals surface area contributed by atoms with Gasteiger partial charge in [0.1, 0.15) is 0 Å². The Hall–Kier alpha value is -0.380. The third-order valence-electron chi connectivity index (χ3n) is 4.95. The summed E-state index contributed by atoms with van der Waals surface area (Å²) in [7, 11) is 0. The van der Waals surface area contributed by atoms with Gasteiger partial charge in [-0.2, -0.15) is 11.3 Å². The molecule has 1 saturated carbocycles. The summed E-state index contributed by atoms with van der Waals surface area (Å²) < 4.78 is 6.17. The minimum atomic E-state index is 0.188. The second kappa shape index (κ2) is 5.94. The fraction of sp³-hybridized carbons (Fsp3) is 0.750. The van der Waals surface area contributed by atoms with Gasteiger partial charge in [0.05, 0.1) is 5.60 Å². The highest BCUT2D eigenvalue weighted by molar-refractivity contribution is 7.07. The van der Waals surface area contributed by atoms with Gasteiger partial charge >= 0.3 is 0 Å². The van der Waals surface area contributed by atoms with Gasteiger partial charge in [-0.1, -0.05) is 19.3 Å². The summed E-state index contributed by atoms with van der Waals surface area (Å²) >= 11 is 1.77. The number of hydrogen-bond donors (Lipinski definition) is 1. The van der Waals surface area contributed by atoms with Gasteiger partial charge in [-0.15, -0.1) is 0 Å². The van der Waals surface area contributed by atoms with E-state index in [0.717, 1.165) is 19.4 Å². The molecule has 106 valence electrons. The van der Waals surface area contributed by atoms with Crippen molar-refractivity contribution in [1.82, 2.24) is 0 Å². The summed E-state index contributed by atoms with van der Waals surface area (Å²) in [4.78, 5) is 0. The summed E-state index contributed by atoms with van der Waals surface area (Å²) in [6.07, 6.45) is 9.95. The molecule has 1 aromatic heterocycles. The second-order valence-corrected chi connectivity index (χ2v) is 7.12. The summed E-state index contributed by atoms with van der Waals surface area (Å²) in [5.41, 5.74) is 8.07. The third-order valence-corrected chi connectivity index (χ3v) is 5.68. The minimum Gasteiger partial charge on any atom is -0.375 e. The predicted molar refractivity (Wildman–Crippen MR) is 80.5 cm³/mol. The molecule has 1 aliphatic heterocycles. The topological polar surface area (TPSA) is 35.2 Å². The Kier molecular flexibility index (Phi) is 4.25. The van der Waals surface area contributed by atoms with Crippen molar-refractivity contribution in [2.24, 2.45) is 11.7 Å². The zero-order chi connectivity index (χ0) is 13.1. The molecule has 1 aliphatic carbocycles. The average molecular weight is 279 g/mol. The van der Waals surface area contributed by atoms with Crippen molar-refractivity contribution in [3.63, 3.8) is 0 Å². The molecule has 2 heterocycles. The van der Waals surface area contributed by atoms with Crippen molar-refractivity contribution in [2.75, 3.05) is 6.61 Å². The molecule has 3 heteroatoms. The quantitative estimate of drug-likeness (QED) is 0.914. The molecule has 2 N–H and O–H groups in total. The molecule has 19 heavy (non-hydrogen) atoms. The Labute approximate surface area is 120 Å². The molecule has 2 fully saturated rings. The van der Waals surface area contributed by atoms with E-state index in [-0.39, 0.29) is 5.60 Å². The lowest BCUT2D eigenvalue weighted by atomic mass is 9.73. The zero-order valence-corrected chi connectivity index (χ0v) is 12.5. The van der Waals surface area contributed by atoms with Gasteiger partial charge in [-0.25, -0.2) is 0 Å². The van der Waals surface area contributed by atoms with Crippen LogP contribution < -0.4 is 5.73 Å².